The number of rotatable bonds is 4. The Balaban J connectivity index is 1.60. The van der Waals surface area contributed by atoms with Crippen LogP contribution in [0.2, 0.25) is 0 Å². The number of pyridine rings is 1. The minimum absolute atomic E-state index is 0.000615. The van der Waals surface area contributed by atoms with Gasteiger partial charge in [-0.25, -0.2) is 19.7 Å². The fraction of sp³-hybridized carbons (Fsp3) is 0.375. The molecular weight excluding hydrogens is 351 g/mol. The Bertz CT molecular complexity index is 774. The molecule has 3 heterocycles. The Kier molecular flexibility index (Phi) is 4.92. The highest BCUT2D eigenvalue weighted by Crippen LogP contribution is 2.30. The molecule has 1 saturated heterocycles. The number of alkyl halides is 3. The minimum Gasteiger partial charge on any atom is -0.477 e. The molecule has 0 amide bonds. The van der Waals surface area contributed by atoms with Crippen LogP contribution in [0.25, 0.3) is 0 Å². The van der Waals surface area contributed by atoms with Gasteiger partial charge in [0.05, 0.1) is 5.56 Å². The Hall–Kier alpha value is -2.91. The van der Waals surface area contributed by atoms with Crippen LogP contribution >= 0.6 is 0 Å². The average molecular weight is 367 g/mol. The number of carbonyl (C=O) groups is 1. The molecule has 0 aliphatic carbocycles. The molecular formula is C16H16F3N5O2. The predicted octanol–water partition coefficient (Wildman–Crippen LogP) is 2.67. The van der Waals surface area contributed by atoms with Crippen molar-refractivity contribution in [1.82, 2.24) is 15.0 Å². The molecule has 0 spiro atoms. The van der Waals surface area contributed by atoms with Crippen LogP contribution in [0.15, 0.2) is 30.9 Å². The van der Waals surface area contributed by atoms with Crippen molar-refractivity contribution in [2.24, 2.45) is 0 Å². The van der Waals surface area contributed by atoms with Gasteiger partial charge in [0.15, 0.2) is 0 Å². The second kappa shape index (κ2) is 7.14. The van der Waals surface area contributed by atoms with Crippen molar-refractivity contribution in [1.29, 1.82) is 0 Å². The Morgan fingerprint density at radius 3 is 2.50 bits per heavy atom. The molecule has 1 aliphatic rings. The largest absolute Gasteiger partial charge is 0.477 e. The van der Waals surface area contributed by atoms with E-state index in [9.17, 15) is 18.0 Å². The molecule has 138 valence electrons. The molecule has 26 heavy (non-hydrogen) atoms. The van der Waals surface area contributed by atoms with Crippen LogP contribution in [-0.4, -0.2) is 45.2 Å². The number of nitrogens with one attached hydrogen (secondary N) is 1. The molecule has 7 nitrogen and oxygen atoms in total. The van der Waals surface area contributed by atoms with Crippen molar-refractivity contribution in [3.8, 4) is 0 Å². The summed E-state index contributed by atoms with van der Waals surface area (Å²) in [5.41, 5.74) is -0.776. The zero-order valence-electron chi connectivity index (χ0n) is 13.6. The highest BCUT2D eigenvalue weighted by Gasteiger charge is 2.31. The van der Waals surface area contributed by atoms with Crippen LogP contribution in [0, 0.1) is 0 Å². The number of nitrogens with zero attached hydrogens (tertiary/aromatic N) is 4. The second-order valence-electron chi connectivity index (χ2n) is 5.90. The van der Waals surface area contributed by atoms with E-state index in [1.54, 1.807) is 0 Å². The van der Waals surface area contributed by atoms with Gasteiger partial charge in [-0.05, 0) is 25.0 Å². The maximum atomic E-state index is 12.6. The van der Waals surface area contributed by atoms with Gasteiger partial charge in [-0.2, -0.15) is 13.2 Å². The van der Waals surface area contributed by atoms with Gasteiger partial charge >= 0.3 is 12.1 Å². The standard InChI is InChI=1S/C16H16F3N5O2/c17-16(18,19)10-1-2-13(21-7-10)24-5-3-11(4-6-24)23-14-12(15(25)26)8-20-9-22-14/h1-2,7-9,11H,3-6H2,(H,25,26)(H,20,22,23). The monoisotopic (exact) mass is 367 g/mol. The number of carboxylic acids is 1. The van der Waals surface area contributed by atoms with Gasteiger partial charge in [-0.3, -0.25) is 0 Å². The lowest BCUT2D eigenvalue weighted by Gasteiger charge is -2.33. The molecule has 0 bridgehead atoms. The molecule has 0 unspecified atom stereocenters. The number of anilines is 2. The zero-order valence-corrected chi connectivity index (χ0v) is 13.6. The Labute approximate surface area is 146 Å². The predicted molar refractivity (Wildman–Crippen MR) is 87.1 cm³/mol. The average Bonchev–Trinajstić information content (AvgIpc) is 2.62. The molecule has 0 saturated carbocycles. The number of halogens is 3. The van der Waals surface area contributed by atoms with Gasteiger partial charge in [0.2, 0.25) is 0 Å². The van der Waals surface area contributed by atoms with E-state index in [4.69, 9.17) is 5.11 Å². The summed E-state index contributed by atoms with van der Waals surface area (Å²) < 4.78 is 37.8. The summed E-state index contributed by atoms with van der Waals surface area (Å²) >= 11 is 0. The summed E-state index contributed by atoms with van der Waals surface area (Å²) in [5, 5.41) is 12.3. The van der Waals surface area contributed by atoms with Gasteiger partial charge in [0, 0.05) is 31.5 Å². The number of carboxylic acid groups (broad SMARTS) is 1. The first kappa shape index (κ1) is 17.9. The molecule has 0 radical (unpaired) electrons. The number of hydrogen-bond donors (Lipinski definition) is 2. The first-order valence-electron chi connectivity index (χ1n) is 7.92. The van der Waals surface area contributed by atoms with Crippen LogP contribution < -0.4 is 10.2 Å². The van der Waals surface area contributed by atoms with Crippen LogP contribution in [-0.2, 0) is 6.18 Å². The van der Waals surface area contributed by atoms with E-state index >= 15 is 0 Å². The van der Waals surface area contributed by atoms with Crippen molar-refractivity contribution in [2.75, 3.05) is 23.3 Å². The van der Waals surface area contributed by atoms with E-state index in [0.717, 1.165) is 12.3 Å². The highest BCUT2D eigenvalue weighted by molar-refractivity contribution is 5.92. The van der Waals surface area contributed by atoms with Gasteiger partial charge in [0.25, 0.3) is 0 Å². The third-order valence-electron chi connectivity index (χ3n) is 4.18. The third-order valence-corrected chi connectivity index (χ3v) is 4.18. The summed E-state index contributed by atoms with van der Waals surface area (Å²) in [6, 6.07) is 2.39. The van der Waals surface area contributed by atoms with Gasteiger partial charge in [-0.1, -0.05) is 0 Å². The number of hydrogen-bond acceptors (Lipinski definition) is 6. The molecule has 2 aromatic rings. The summed E-state index contributed by atoms with van der Waals surface area (Å²) in [5.74, 6) is -0.359. The minimum atomic E-state index is -4.40. The summed E-state index contributed by atoms with van der Waals surface area (Å²) in [6.45, 7) is 1.17. The second-order valence-corrected chi connectivity index (χ2v) is 5.90. The fourth-order valence-electron chi connectivity index (χ4n) is 2.79. The molecule has 10 heteroatoms. The van der Waals surface area contributed by atoms with Gasteiger partial charge in [0.1, 0.15) is 23.5 Å². The van der Waals surface area contributed by atoms with Crippen LogP contribution in [0.4, 0.5) is 24.8 Å². The summed E-state index contributed by atoms with van der Waals surface area (Å²) in [7, 11) is 0. The van der Waals surface area contributed by atoms with Crippen LogP contribution in [0.5, 0.6) is 0 Å². The molecule has 1 aliphatic heterocycles. The molecule has 2 N–H and O–H groups in total. The number of piperidine rings is 1. The summed E-state index contributed by atoms with van der Waals surface area (Å²) in [6.07, 6.45) is 0.286. The number of aromatic nitrogens is 3. The quantitative estimate of drug-likeness (QED) is 0.858. The van der Waals surface area contributed by atoms with E-state index < -0.39 is 17.7 Å². The van der Waals surface area contributed by atoms with Crippen molar-refractivity contribution < 1.29 is 23.1 Å². The van der Waals surface area contributed by atoms with Crippen molar-refractivity contribution in [3.63, 3.8) is 0 Å². The SMILES string of the molecule is O=C(O)c1cncnc1NC1CCN(c2ccc(C(F)(F)F)cn2)CC1. The Morgan fingerprint density at radius 1 is 1.19 bits per heavy atom. The lowest BCUT2D eigenvalue weighted by molar-refractivity contribution is -0.137. The summed E-state index contributed by atoms with van der Waals surface area (Å²) in [4.78, 5) is 24.7. The first-order chi connectivity index (χ1) is 12.3. The molecule has 0 atom stereocenters. The van der Waals surface area contributed by atoms with Crippen LogP contribution in [0.1, 0.15) is 28.8 Å². The lowest BCUT2D eigenvalue weighted by Crippen LogP contribution is -2.40. The molecule has 1 fully saturated rings. The molecule has 3 rings (SSSR count). The van der Waals surface area contributed by atoms with E-state index in [-0.39, 0.29) is 17.4 Å². The normalized spacial score (nSPS) is 15.7. The van der Waals surface area contributed by atoms with Gasteiger partial charge < -0.3 is 15.3 Å². The number of aromatic carboxylic acids is 1. The van der Waals surface area contributed by atoms with E-state index in [1.807, 2.05) is 4.90 Å². The van der Waals surface area contributed by atoms with Crippen molar-refractivity contribution in [2.45, 2.75) is 25.1 Å². The van der Waals surface area contributed by atoms with Crippen molar-refractivity contribution in [3.05, 3.63) is 42.0 Å². The van der Waals surface area contributed by atoms with E-state index in [1.165, 1.54) is 18.6 Å². The topological polar surface area (TPSA) is 91.2 Å². The lowest BCUT2D eigenvalue weighted by atomic mass is 10.0. The molecule has 0 aromatic carbocycles. The zero-order chi connectivity index (χ0) is 18.7. The maximum absolute atomic E-state index is 12.6. The smallest absolute Gasteiger partial charge is 0.417 e. The highest BCUT2D eigenvalue weighted by atomic mass is 19.4. The van der Waals surface area contributed by atoms with Gasteiger partial charge in [-0.15, -0.1) is 0 Å². The Morgan fingerprint density at radius 2 is 1.92 bits per heavy atom. The fourth-order valence-corrected chi connectivity index (χ4v) is 2.79. The maximum Gasteiger partial charge on any atom is 0.417 e. The third kappa shape index (κ3) is 4.01. The van der Waals surface area contributed by atoms with E-state index in [0.29, 0.717) is 31.7 Å². The van der Waals surface area contributed by atoms with Crippen LogP contribution in [0.3, 0.4) is 0 Å². The van der Waals surface area contributed by atoms with Crippen molar-refractivity contribution >= 4 is 17.6 Å². The molecule has 2 aromatic heterocycles. The van der Waals surface area contributed by atoms with E-state index in [2.05, 4.69) is 20.3 Å². The first-order valence-corrected chi connectivity index (χ1v) is 7.92.